The number of anilines is 1. The molecule has 1 aliphatic heterocycles. The van der Waals surface area contributed by atoms with E-state index in [9.17, 15) is 14.0 Å². The Morgan fingerprint density at radius 1 is 1.18 bits per heavy atom. The van der Waals surface area contributed by atoms with Crippen LogP contribution in [0.25, 0.3) is 5.69 Å². The first-order valence-electron chi connectivity index (χ1n) is 10.7. The van der Waals surface area contributed by atoms with E-state index in [1.54, 1.807) is 25.1 Å². The van der Waals surface area contributed by atoms with Gasteiger partial charge in [0.15, 0.2) is 5.69 Å². The molecule has 0 unspecified atom stereocenters. The molecule has 1 aliphatic rings. The molecule has 0 saturated carbocycles. The van der Waals surface area contributed by atoms with Crippen LogP contribution in [-0.2, 0) is 11.3 Å². The number of nitrogens with two attached hydrogens (primary N) is 2. The molecule has 1 saturated heterocycles. The van der Waals surface area contributed by atoms with Crippen molar-refractivity contribution >= 4 is 17.5 Å². The smallest absolute Gasteiger partial charge is 0.269 e. The summed E-state index contributed by atoms with van der Waals surface area (Å²) in [6.07, 6.45) is 1.56. The van der Waals surface area contributed by atoms with Crippen molar-refractivity contribution in [2.45, 2.75) is 32.2 Å². The van der Waals surface area contributed by atoms with Gasteiger partial charge < -0.3 is 21.5 Å². The lowest BCUT2D eigenvalue weighted by atomic mass is 9.95. The van der Waals surface area contributed by atoms with Crippen LogP contribution in [0.3, 0.4) is 0 Å². The maximum Gasteiger partial charge on any atom is 0.269 e. The number of rotatable bonds is 6. The number of ether oxygens (including phenoxy) is 1. The van der Waals surface area contributed by atoms with Gasteiger partial charge in [-0.05, 0) is 55.2 Å². The molecule has 1 fully saturated rings. The Bertz CT molecular complexity index is 1180. The summed E-state index contributed by atoms with van der Waals surface area (Å²) < 4.78 is 20.4. The fourth-order valence-electron chi connectivity index (χ4n) is 4.01. The number of hydrogen-bond donors (Lipinski definition) is 3. The van der Waals surface area contributed by atoms with Crippen LogP contribution in [0.15, 0.2) is 42.5 Å². The van der Waals surface area contributed by atoms with Crippen LogP contribution < -0.4 is 16.8 Å². The Labute approximate surface area is 190 Å². The second-order valence-corrected chi connectivity index (χ2v) is 8.12. The Morgan fingerprint density at radius 3 is 2.55 bits per heavy atom. The third kappa shape index (κ3) is 4.73. The molecule has 0 radical (unpaired) electrons. The number of amides is 2. The van der Waals surface area contributed by atoms with Crippen molar-refractivity contribution in [2.24, 2.45) is 5.73 Å². The zero-order valence-corrected chi connectivity index (χ0v) is 18.3. The average molecular weight is 452 g/mol. The van der Waals surface area contributed by atoms with Crippen LogP contribution in [0, 0.1) is 12.7 Å². The van der Waals surface area contributed by atoms with E-state index in [-0.39, 0.29) is 24.1 Å². The number of halogens is 1. The highest BCUT2D eigenvalue weighted by Gasteiger charge is 2.27. The van der Waals surface area contributed by atoms with Crippen molar-refractivity contribution in [3.05, 3.63) is 76.4 Å². The van der Waals surface area contributed by atoms with Crippen LogP contribution in [-0.4, -0.2) is 34.8 Å². The van der Waals surface area contributed by atoms with Gasteiger partial charge in [-0.3, -0.25) is 9.59 Å². The van der Waals surface area contributed by atoms with E-state index in [0.717, 1.165) is 18.4 Å². The predicted molar refractivity (Wildman–Crippen MR) is 122 cm³/mol. The monoisotopic (exact) mass is 451 g/mol. The number of carbonyl (C=O) groups is 2. The van der Waals surface area contributed by atoms with Gasteiger partial charge in [-0.1, -0.05) is 18.2 Å². The number of aryl methyl sites for hydroxylation is 1. The summed E-state index contributed by atoms with van der Waals surface area (Å²) in [6, 6.07) is 11.3. The van der Waals surface area contributed by atoms with E-state index in [4.69, 9.17) is 16.2 Å². The van der Waals surface area contributed by atoms with Gasteiger partial charge in [-0.15, -0.1) is 0 Å². The van der Waals surface area contributed by atoms with Gasteiger partial charge in [-0.2, -0.15) is 5.10 Å². The number of benzene rings is 2. The molecule has 4 rings (SSSR count). The van der Waals surface area contributed by atoms with Crippen molar-refractivity contribution in [1.29, 1.82) is 0 Å². The number of nitrogens with zero attached hydrogens (tertiary/aromatic N) is 2. The molecular weight excluding hydrogens is 425 g/mol. The van der Waals surface area contributed by atoms with E-state index in [1.165, 1.54) is 16.8 Å². The molecule has 5 N–H and O–H groups in total. The third-order valence-corrected chi connectivity index (χ3v) is 5.87. The van der Waals surface area contributed by atoms with Crippen LogP contribution >= 0.6 is 0 Å². The first-order chi connectivity index (χ1) is 15.8. The van der Waals surface area contributed by atoms with Crippen LogP contribution in [0.5, 0.6) is 0 Å². The molecular formula is C24H26FN5O3. The summed E-state index contributed by atoms with van der Waals surface area (Å²) >= 11 is 0. The van der Waals surface area contributed by atoms with Gasteiger partial charge in [0, 0.05) is 31.2 Å². The van der Waals surface area contributed by atoms with Crippen LogP contribution in [0.2, 0.25) is 0 Å². The molecule has 2 heterocycles. The molecule has 0 spiro atoms. The second kappa shape index (κ2) is 9.41. The highest BCUT2D eigenvalue weighted by Crippen LogP contribution is 2.33. The number of aromatic nitrogens is 2. The number of nitrogen functional groups attached to an aromatic ring is 1. The molecule has 2 aromatic carbocycles. The van der Waals surface area contributed by atoms with Gasteiger partial charge in [0.1, 0.15) is 5.82 Å². The minimum atomic E-state index is -0.653. The maximum atomic E-state index is 13.5. The lowest BCUT2D eigenvalue weighted by Gasteiger charge is -2.20. The van der Waals surface area contributed by atoms with Gasteiger partial charge in [0.2, 0.25) is 0 Å². The molecule has 1 aromatic heterocycles. The zero-order valence-electron chi connectivity index (χ0n) is 18.3. The van der Waals surface area contributed by atoms with Gasteiger partial charge >= 0.3 is 0 Å². The minimum absolute atomic E-state index is 0.110. The number of primary amides is 1. The standard InChI is InChI=1S/C24H26FN5O3/c1-14-2-5-17(25)12-19(14)24(32)28-13-15-3-6-18(7-4-15)30-22(23(27)31)20(26)21(29-30)16-8-10-33-11-9-16/h2-7,12,16H,8-11,13,26H2,1H3,(H2,27,31)(H,28,32). The predicted octanol–water partition coefficient (Wildman–Crippen LogP) is 2.82. The van der Waals surface area contributed by atoms with Crippen molar-refractivity contribution in [2.75, 3.05) is 18.9 Å². The molecule has 8 nitrogen and oxygen atoms in total. The first kappa shape index (κ1) is 22.5. The van der Waals surface area contributed by atoms with E-state index >= 15 is 0 Å². The first-order valence-corrected chi connectivity index (χ1v) is 10.7. The quantitative estimate of drug-likeness (QED) is 0.531. The second-order valence-electron chi connectivity index (χ2n) is 8.12. The molecule has 0 bridgehead atoms. The fourth-order valence-corrected chi connectivity index (χ4v) is 4.01. The Morgan fingerprint density at radius 2 is 1.88 bits per heavy atom. The molecule has 3 aromatic rings. The SMILES string of the molecule is Cc1ccc(F)cc1C(=O)NCc1ccc(-n2nc(C3CCOCC3)c(N)c2C(N)=O)cc1. The summed E-state index contributed by atoms with van der Waals surface area (Å²) in [4.78, 5) is 24.5. The minimum Gasteiger partial charge on any atom is -0.395 e. The Kier molecular flexibility index (Phi) is 6.41. The van der Waals surface area contributed by atoms with Gasteiger partial charge in [0.05, 0.1) is 17.1 Å². The van der Waals surface area contributed by atoms with Gasteiger partial charge in [-0.25, -0.2) is 9.07 Å². The van der Waals surface area contributed by atoms with Crippen molar-refractivity contribution < 1.29 is 18.7 Å². The zero-order chi connectivity index (χ0) is 23.5. The van der Waals surface area contributed by atoms with E-state index in [2.05, 4.69) is 10.4 Å². The molecule has 9 heteroatoms. The van der Waals surface area contributed by atoms with E-state index in [1.807, 2.05) is 12.1 Å². The van der Waals surface area contributed by atoms with Gasteiger partial charge in [0.25, 0.3) is 11.8 Å². The van der Waals surface area contributed by atoms with Crippen LogP contribution in [0.4, 0.5) is 10.1 Å². The van der Waals surface area contributed by atoms with E-state index < -0.39 is 11.7 Å². The van der Waals surface area contributed by atoms with Crippen LogP contribution in [0.1, 0.15) is 56.4 Å². The Balaban J connectivity index is 1.52. The molecule has 0 aliphatic carbocycles. The van der Waals surface area contributed by atoms with E-state index in [0.29, 0.717) is 41.4 Å². The normalized spacial score (nSPS) is 14.2. The maximum absolute atomic E-state index is 13.5. The molecule has 2 amide bonds. The number of hydrogen-bond acceptors (Lipinski definition) is 5. The summed E-state index contributed by atoms with van der Waals surface area (Å²) in [5.41, 5.74) is 15.4. The average Bonchev–Trinajstić information content (AvgIpc) is 3.17. The lowest BCUT2D eigenvalue weighted by molar-refractivity contribution is 0.0845. The largest absolute Gasteiger partial charge is 0.395 e. The van der Waals surface area contributed by atoms with Crippen molar-refractivity contribution in [3.8, 4) is 5.69 Å². The third-order valence-electron chi connectivity index (χ3n) is 5.87. The molecule has 0 atom stereocenters. The number of nitrogens with one attached hydrogen (secondary N) is 1. The summed E-state index contributed by atoms with van der Waals surface area (Å²) in [7, 11) is 0. The highest BCUT2D eigenvalue weighted by molar-refractivity contribution is 5.97. The molecule has 33 heavy (non-hydrogen) atoms. The van der Waals surface area contributed by atoms with Crippen molar-refractivity contribution in [1.82, 2.24) is 15.1 Å². The lowest BCUT2D eigenvalue weighted by Crippen LogP contribution is -2.23. The Hall–Kier alpha value is -3.72. The van der Waals surface area contributed by atoms with Crippen molar-refractivity contribution in [3.63, 3.8) is 0 Å². The molecule has 172 valence electrons. The highest BCUT2D eigenvalue weighted by atomic mass is 19.1. The summed E-state index contributed by atoms with van der Waals surface area (Å²) in [5.74, 6) is -1.36. The summed E-state index contributed by atoms with van der Waals surface area (Å²) in [5, 5.41) is 7.41. The topological polar surface area (TPSA) is 125 Å². The fraction of sp³-hybridized carbons (Fsp3) is 0.292. The summed E-state index contributed by atoms with van der Waals surface area (Å²) in [6.45, 7) is 3.26. The number of carbonyl (C=O) groups excluding carboxylic acids is 2.